The molecule has 0 aliphatic carbocycles. The molecule has 0 radical (unpaired) electrons. The standard InChI is InChI=1S/C38H25N3O/c1-2-11-34-32(10-1)33-24-30(15-17-35(33)41(34)37-18-16-31(25-40-37)27-19-21-39-22-20-27)26-9-5-23-42-36-12-4-8-28-6-3-7-29(14-13-26)38(28)36/h1-25H/b14-13+,23-5+,26-9+. The van der Waals surface area contributed by atoms with E-state index in [0.29, 0.717) is 0 Å². The molecule has 0 bridgehead atoms. The van der Waals surface area contributed by atoms with Crippen molar-refractivity contribution >= 4 is 44.2 Å². The van der Waals surface area contributed by atoms with Crippen molar-refractivity contribution in [1.29, 1.82) is 0 Å². The van der Waals surface area contributed by atoms with Gasteiger partial charge in [-0.3, -0.25) is 9.55 Å². The Balaban J connectivity index is 1.24. The summed E-state index contributed by atoms with van der Waals surface area (Å²) in [6, 6.07) is 35.9. The molecular formula is C38H25N3O. The number of hydrogen-bond acceptors (Lipinski definition) is 3. The van der Waals surface area contributed by atoms with Crippen LogP contribution in [-0.2, 0) is 0 Å². The topological polar surface area (TPSA) is 39.9 Å². The average molecular weight is 540 g/mol. The molecule has 8 rings (SSSR count). The van der Waals surface area contributed by atoms with Crippen molar-refractivity contribution in [3.63, 3.8) is 0 Å². The Morgan fingerprint density at radius 1 is 0.643 bits per heavy atom. The van der Waals surface area contributed by atoms with Gasteiger partial charge in [-0.25, -0.2) is 4.98 Å². The molecule has 3 aromatic heterocycles. The molecule has 42 heavy (non-hydrogen) atoms. The summed E-state index contributed by atoms with van der Waals surface area (Å²) in [4.78, 5) is 9.02. The van der Waals surface area contributed by atoms with Crippen molar-refractivity contribution in [2.24, 2.45) is 0 Å². The van der Waals surface area contributed by atoms with Crippen LogP contribution in [0, 0.1) is 0 Å². The molecule has 7 aromatic rings. The molecule has 0 N–H and O–H groups in total. The van der Waals surface area contributed by atoms with Crippen molar-refractivity contribution in [3.8, 4) is 22.7 Å². The van der Waals surface area contributed by atoms with E-state index >= 15 is 0 Å². The first-order valence-electron chi connectivity index (χ1n) is 14.0. The molecule has 4 aromatic carbocycles. The van der Waals surface area contributed by atoms with E-state index in [-0.39, 0.29) is 0 Å². The summed E-state index contributed by atoms with van der Waals surface area (Å²) in [5, 5.41) is 4.65. The number of benzene rings is 4. The van der Waals surface area contributed by atoms with E-state index < -0.39 is 0 Å². The van der Waals surface area contributed by atoms with Crippen LogP contribution in [0.25, 0.3) is 61.2 Å². The first-order chi connectivity index (χ1) is 20.8. The average Bonchev–Trinajstić information content (AvgIpc) is 3.38. The Morgan fingerprint density at radius 3 is 2.36 bits per heavy atom. The molecule has 0 spiro atoms. The van der Waals surface area contributed by atoms with Crippen molar-refractivity contribution < 1.29 is 4.74 Å². The minimum Gasteiger partial charge on any atom is -0.464 e. The SMILES string of the molecule is C1=C\Oc2cccc3cccc(c23)/C=C/C(c2ccc3c(c2)c2ccccc2n3-c2ccc(-c3ccncc3)cn2)=C\1. The summed E-state index contributed by atoms with van der Waals surface area (Å²) in [6.07, 6.45) is 15.7. The van der Waals surface area contributed by atoms with Crippen LogP contribution in [-0.4, -0.2) is 14.5 Å². The maximum atomic E-state index is 6.06. The van der Waals surface area contributed by atoms with Crippen molar-refractivity contribution in [2.45, 2.75) is 0 Å². The summed E-state index contributed by atoms with van der Waals surface area (Å²) in [5.74, 6) is 1.74. The van der Waals surface area contributed by atoms with E-state index in [4.69, 9.17) is 9.72 Å². The van der Waals surface area contributed by atoms with Gasteiger partial charge < -0.3 is 4.74 Å². The van der Waals surface area contributed by atoms with Gasteiger partial charge in [-0.2, -0.15) is 0 Å². The minimum atomic E-state index is 0.859. The number of nitrogens with zero attached hydrogens (tertiary/aromatic N) is 3. The first kappa shape index (κ1) is 24.1. The quantitative estimate of drug-likeness (QED) is 0.225. The largest absolute Gasteiger partial charge is 0.464 e. The number of fused-ring (bicyclic) bond motifs is 3. The van der Waals surface area contributed by atoms with Crippen LogP contribution in [0.15, 0.2) is 146 Å². The third-order valence-electron chi connectivity index (χ3n) is 7.89. The second-order valence-electron chi connectivity index (χ2n) is 10.3. The lowest BCUT2D eigenvalue weighted by atomic mass is 9.99. The monoisotopic (exact) mass is 539 g/mol. The second kappa shape index (κ2) is 10.0. The lowest BCUT2D eigenvalue weighted by molar-refractivity contribution is 0.487. The Labute approximate surface area is 243 Å². The molecule has 0 amide bonds. The van der Waals surface area contributed by atoms with Gasteiger partial charge in [0.2, 0.25) is 0 Å². The molecule has 4 heterocycles. The minimum absolute atomic E-state index is 0.859. The Hall–Kier alpha value is -5.74. The van der Waals surface area contributed by atoms with E-state index in [0.717, 1.165) is 61.2 Å². The highest BCUT2D eigenvalue weighted by atomic mass is 16.5. The highest BCUT2D eigenvalue weighted by Crippen LogP contribution is 2.35. The number of ether oxygens (including phenoxy) is 1. The maximum absolute atomic E-state index is 6.06. The van der Waals surface area contributed by atoms with Crippen molar-refractivity contribution in [3.05, 3.63) is 157 Å². The number of rotatable bonds is 3. The molecule has 0 saturated heterocycles. The number of hydrogen-bond donors (Lipinski definition) is 0. The highest BCUT2D eigenvalue weighted by Gasteiger charge is 2.14. The molecule has 198 valence electrons. The van der Waals surface area contributed by atoms with Gasteiger partial charge in [-0.15, -0.1) is 0 Å². The van der Waals surface area contributed by atoms with Gasteiger partial charge >= 0.3 is 0 Å². The fourth-order valence-corrected chi connectivity index (χ4v) is 5.89. The summed E-state index contributed by atoms with van der Waals surface area (Å²) < 4.78 is 8.31. The molecule has 1 aliphatic heterocycles. The normalized spacial score (nSPS) is 15.7. The van der Waals surface area contributed by atoms with Crippen molar-refractivity contribution in [1.82, 2.24) is 14.5 Å². The van der Waals surface area contributed by atoms with E-state index in [1.807, 2.05) is 36.5 Å². The van der Waals surface area contributed by atoms with Crippen LogP contribution >= 0.6 is 0 Å². The van der Waals surface area contributed by atoms with Crippen LogP contribution in [0.1, 0.15) is 11.1 Å². The van der Waals surface area contributed by atoms with Gasteiger partial charge in [0.05, 0.1) is 17.3 Å². The number of para-hydroxylation sites is 1. The lowest BCUT2D eigenvalue weighted by Crippen LogP contribution is -1.97. The molecule has 4 heteroatoms. The number of pyridine rings is 2. The predicted molar refractivity (Wildman–Crippen MR) is 173 cm³/mol. The van der Waals surface area contributed by atoms with Crippen LogP contribution in [0.3, 0.4) is 0 Å². The van der Waals surface area contributed by atoms with E-state index in [1.54, 1.807) is 18.7 Å². The molecule has 0 unspecified atom stereocenters. The molecule has 0 fully saturated rings. The summed E-state index contributed by atoms with van der Waals surface area (Å²) in [7, 11) is 0. The second-order valence-corrected chi connectivity index (χ2v) is 10.3. The predicted octanol–water partition coefficient (Wildman–Crippen LogP) is 9.40. The van der Waals surface area contributed by atoms with Gasteiger partial charge in [0.1, 0.15) is 11.6 Å². The molecular weight excluding hydrogens is 514 g/mol. The van der Waals surface area contributed by atoms with E-state index in [9.17, 15) is 0 Å². The van der Waals surface area contributed by atoms with Gasteiger partial charge in [0.25, 0.3) is 0 Å². The van der Waals surface area contributed by atoms with Crippen LogP contribution in [0.5, 0.6) is 5.75 Å². The third kappa shape index (κ3) is 4.09. The van der Waals surface area contributed by atoms with E-state index in [1.165, 1.54) is 10.8 Å². The number of aromatic nitrogens is 3. The third-order valence-corrected chi connectivity index (χ3v) is 7.89. The van der Waals surface area contributed by atoms with Gasteiger partial charge in [-0.05, 0) is 82.3 Å². The fourth-order valence-electron chi connectivity index (χ4n) is 5.89. The molecule has 4 nitrogen and oxygen atoms in total. The van der Waals surface area contributed by atoms with Gasteiger partial charge in [0, 0.05) is 40.3 Å². The molecule has 0 saturated carbocycles. The molecule has 0 atom stereocenters. The lowest BCUT2D eigenvalue weighted by Gasteiger charge is -2.11. The molecule has 1 aliphatic rings. The Kier molecular flexibility index (Phi) is 5.75. The maximum Gasteiger partial charge on any atom is 0.137 e. The Morgan fingerprint density at radius 2 is 1.48 bits per heavy atom. The number of allylic oxidation sites excluding steroid dienone is 4. The Bertz CT molecular complexity index is 2200. The summed E-state index contributed by atoms with van der Waals surface area (Å²) >= 11 is 0. The first-order valence-corrected chi connectivity index (χ1v) is 14.0. The zero-order valence-corrected chi connectivity index (χ0v) is 22.7. The zero-order chi connectivity index (χ0) is 27.9. The highest BCUT2D eigenvalue weighted by molar-refractivity contribution is 6.10. The van der Waals surface area contributed by atoms with Crippen LogP contribution in [0.2, 0.25) is 0 Å². The van der Waals surface area contributed by atoms with Crippen molar-refractivity contribution in [2.75, 3.05) is 0 Å². The smallest absolute Gasteiger partial charge is 0.137 e. The van der Waals surface area contributed by atoms with Gasteiger partial charge in [-0.1, -0.05) is 72.8 Å². The van der Waals surface area contributed by atoms with Crippen LogP contribution in [0.4, 0.5) is 0 Å². The van der Waals surface area contributed by atoms with E-state index in [2.05, 4.69) is 107 Å². The van der Waals surface area contributed by atoms with Crippen LogP contribution < -0.4 is 4.74 Å². The fraction of sp³-hybridized carbons (Fsp3) is 0. The van der Waals surface area contributed by atoms with Gasteiger partial charge in [0.15, 0.2) is 0 Å². The summed E-state index contributed by atoms with van der Waals surface area (Å²) in [6.45, 7) is 0. The summed E-state index contributed by atoms with van der Waals surface area (Å²) in [5.41, 5.74) is 7.77. The zero-order valence-electron chi connectivity index (χ0n) is 22.7.